The lowest BCUT2D eigenvalue weighted by atomic mass is 9.94. The number of hydrogen-bond acceptors (Lipinski definition) is 3. The largest absolute Gasteiger partial charge is 0.370 e. The van der Waals surface area contributed by atoms with Gasteiger partial charge in [-0.2, -0.15) is 5.26 Å². The summed E-state index contributed by atoms with van der Waals surface area (Å²) in [5.74, 6) is 0.758. The Morgan fingerprint density at radius 3 is 3.00 bits per heavy atom. The van der Waals surface area contributed by atoms with Crippen molar-refractivity contribution in [2.24, 2.45) is 5.92 Å². The van der Waals surface area contributed by atoms with Gasteiger partial charge in [-0.15, -0.1) is 0 Å². The second-order valence-corrected chi connectivity index (χ2v) is 5.55. The Balaban J connectivity index is 1.80. The monoisotopic (exact) mass is 261 g/mol. The molecule has 1 N–H and O–H groups in total. The topological polar surface area (TPSA) is 39.1 Å². The molecule has 18 heavy (non-hydrogen) atoms. The molecule has 0 aromatic heterocycles. The zero-order chi connectivity index (χ0) is 12.5. The van der Waals surface area contributed by atoms with Crippen LogP contribution in [0.4, 0.5) is 5.69 Å². The van der Waals surface area contributed by atoms with E-state index in [1.165, 1.54) is 12.8 Å². The quantitative estimate of drug-likeness (QED) is 0.844. The summed E-state index contributed by atoms with van der Waals surface area (Å²) in [5, 5.41) is 13.0. The summed E-state index contributed by atoms with van der Waals surface area (Å²) in [5.41, 5.74) is 1.69. The summed E-state index contributed by atoms with van der Waals surface area (Å²) in [6.07, 6.45) is 2.60. The van der Waals surface area contributed by atoms with Crippen LogP contribution in [0, 0.1) is 17.2 Å². The van der Waals surface area contributed by atoms with Gasteiger partial charge in [0.15, 0.2) is 0 Å². The van der Waals surface area contributed by atoms with Crippen LogP contribution in [0.3, 0.4) is 0 Å². The third-order valence-electron chi connectivity index (χ3n) is 4.04. The van der Waals surface area contributed by atoms with Crippen molar-refractivity contribution in [2.75, 3.05) is 24.5 Å². The molecule has 2 heterocycles. The Bertz CT molecular complexity index is 480. The zero-order valence-electron chi connectivity index (χ0n) is 10.2. The highest BCUT2D eigenvalue weighted by Gasteiger charge is 2.34. The van der Waals surface area contributed by atoms with Gasteiger partial charge in [0.1, 0.15) is 6.07 Å². The number of fused-ring (bicyclic) bond motifs is 1. The van der Waals surface area contributed by atoms with Crippen molar-refractivity contribution in [3.63, 3.8) is 0 Å². The first-order valence-corrected chi connectivity index (χ1v) is 6.83. The number of nitrogens with zero attached hydrogens (tertiary/aromatic N) is 2. The van der Waals surface area contributed by atoms with Crippen molar-refractivity contribution >= 4 is 17.3 Å². The van der Waals surface area contributed by atoms with Crippen LogP contribution < -0.4 is 10.2 Å². The lowest BCUT2D eigenvalue weighted by Gasteiger charge is -2.24. The molecule has 2 atom stereocenters. The second-order valence-electron chi connectivity index (χ2n) is 5.14. The highest BCUT2D eigenvalue weighted by Crippen LogP contribution is 2.31. The zero-order valence-corrected chi connectivity index (χ0v) is 11.0. The van der Waals surface area contributed by atoms with Crippen LogP contribution in [-0.4, -0.2) is 25.7 Å². The molecule has 0 bridgehead atoms. The van der Waals surface area contributed by atoms with Gasteiger partial charge >= 0.3 is 0 Å². The van der Waals surface area contributed by atoms with Gasteiger partial charge in [0.2, 0.25) is 0 Å². The first kappa shape index (κ1) is 11.8. The smallest absolute Gasteiger partial charge is 0.101 e. The van der Waals surface area contributed by atoms with E-state index in [9.17, 15) is 0 Å². The summed E-state index contributed by atoms with van der Waals surface area (Å²) < 4.78 is 0. The molecule has 2 aliphatic rings. The van der Waals surface area contributed by atoms with Crippen LogP contribution >= 0.6 is 11.6 Å². The van der Waals surface area contributed by atoms with E-state index in [4.69, 9.17) is 16.9 Å². The standard InChI is InChI=1S/C14H16ClN3/c15-13-6-12(4-3-10(13)7-16)18-8-11-2-1-5-17-14(11)9-18/h3-4,6,11,14,17H,1-2,5,8-9H2/t11-,14+/m0/s1. The Labute approximate surface area is 112 Å². The number of halogens is 1. The average molecular weight is 262 g/mol. The molecule has 0 aliphatic carbocycles. The summed E-state index contributed by atoms with van der Waals surface area (Å²) >= 11 is 6.10. The highest BCUT2D eigenvalue weighted by atomic mass is 35.5. The van der Waals surface area contributed by atoms with E-state index in [0.717, 1.165) is 31.2 Å². The Morgan fingerprint density at radius 1 is 1.39 bits per heavy atom. The summed E-state index contributed by atoms with van der Waals surface area (Å²) in [6, 6.07) is 8.45. The van der Waals surface area contributed by atoms with Crippen molar-refractivity contribution < 1.29 is 0 Å². The molecule has 0 radical (unpaired) electrons. The fourth-order valence-corrected chi connectivity index (χ4v) is 3.27. The van der Waals surface area contributed by atoms with Crippen LogP contribution in [0.15, 0.2) is 18.2 Å². The molecule has 3 nitrogen and oxygen atoms in total. The molecule has 1 aromatic rings. The molecule has 2 aliphatic heterocycles. The van der Waals surface area contributed by atoms with E-state index in [1.54, 1.807) is 0 Å². The number of hydrogen-bond donors (Lipinski definition) is 1. The van der Waals surface area contributed by atoms with Crippen molar-refractivity contribution in [3.05, 3.63) is 28.8 Å². The van der Waals surface area contributed by atoms with Gasteiger partial charge < -0.3 is 10.2 Å². The van der Waals surface area contributed by atoms with Crippen molar-refractivity contribution in [1.82, 2.24) is 5.32 Å². The number of piperidine rings is 1. The highest BCUT2D eigenvalue weighted by molar-refractivity contribution is 6.32. The fraction of sp³-hybridized carbons (Fsp3) is 0.500. The maximum absolute atomic E-state index is 8.89. The molecule has 1 aromatic carbocycles. The maximum atomic E-state index is 8.89. The van der Waals surface area contributed by atoms with Crippen LogP contribution in [-0.2, 0) is 0 Å². The molecule has 0 saturated carbocycles. The SMILES string of the molecule is N#Cc1ccc(N2C[C@@H]3CCCN[C@@H]3C2)cc1Cl. The molecule has 3 rings (SSSR count). The fourth-order valence-electron chi connectivity index (χ4n) is 3.05. The van der Waals surface area contributed by atoms with Gasteiger partial charge in [-0.05, 0) is 43.5 Å². The van der Waals surface area contributed by atoms with Gasteiger partial charge in [0.05, 0.1) is 10.6 Å². The number of nitriles is 1. The minimum atomic E-state index is 0.551. The average Bonchev–Trinajstić information content (AvgIpc) is 2.82. The Hall–Kier alpha value is -1.24. The van der Waals surface area contributed by atoms with Gasteiger partial charge in [-0.1, -0.05) is 11.6 Å². The molecule has 2 saturated heterocycles. The third-order valence-corrected chi connectivity index (χ3v) is 4.35. The van der Waals surface area contributed by atoms with Gasteiger partial charge in [0, 0.05) is 24.8 Å². The van der Waals surface area contributed by atoms with E-state index in [-0.39, 0.29) is 0 Å². The summed E-state index contributed by atoms with van der Waals surface area (Å²) in [6.45, 7) is 3.29. The number of rotatable bonds is 1. The van der Waals surface area contributed by atoms with E-state index < -0.39 is 0 Å². The van der Waals surface area contributed by atoms with Crippen LogP contribution in [0.25, 0.3) is 0 Å². The van der Waals surface area contributed by atoms with Gasteiger partial charge in [0.25, 0.3) is 0 Å². The van der Waals surface area contributed by atoms with Gasteiger partial charge in [-0.25, -0.2) is 0 Å². The minimum Gasteiger partial charge on any atom is -0.370 e. The first-order valence-electron chi connectivity index (χ1n) is 6.46. The minimum absolute atomic E-state index is 0.551. The lowest BCUT2D eigenvalue weighted by molar-refractivity contribution is 0.340. The van der Waals surface area contributed by atoms with Crippen LogP contribution in [0.1, 0.15) is 18.4 Å². The molecule has 0 amide bonds. The van der Waals surface area contributed by atoms with Crippen LogP contribution in [0.5, 0.6) is 0 Å². The van der Waals surface area contributed by atoms with E-state index in [1.807, 2.05) is 18.2 Å². The molecular formula is C14H16ClN3. The summed E-state index contributed by atoms with van der Waals surface area (Å²) in [7, 11) is 0. The molecule has 4 heteroatoms. The van der Waals surface area contributed by atoms with E-state index >= 15 is 0 Å². The predicted molar refractivity (Wildman–Crippen MR) is 72.9 cm³/mol. The predicted octanol–water partition coefficient (Wildman–Crippen LogP) is 2.40. The molecule has 0 unspecified atom stereocenters. The van der Waals surface area contributed by atoms with Crippen LogP contribution in [0.2, 0.25) is 5.02 Å². The second kappa shape index (κ2) is 4.79. The number of nitrogens with one attached hydrogen (secondary N) is 1. The normalized spacial score (nSPS) is 26.8. The Kier molecular flexibility index (Phi) is 3.15. The molecular weight excluding hydrogens is 246 g/mol. The molecule has 94 valence electrons. The first-order chi connectivity index (χ1) is 8.78. The molecule has 0 spiro atoms. The number of benzene rings is 1. The van der Waals surface area contributed by atoms with Gasteiger partial charge in [-0.3, -0.25) is 0 Å². The van der Waals surface area contributed by atoms with Crippen molar-refractivity contribution in [3.8, 4) is 6.07 Å². The van der Waals surface area contributed by atoms with E-state index in [2.05, 4.69) is 16.3 Å². The van der Waals surface area contributed by atoms with E-state index in [0.29, 0.717) is 16.6 Å². The molecule has 2 fully saturated rings. The Morgan fingerprint density at radius 2 is 2.28 bits per heavy atom. The summed E-state index contributed by atoms with van der Waals surface area (Å²) in [4.78, 5) is 2.38. The maximum Gasteiger partial charge on any atom is 0.101 e. The third kappa shape index (κ3) is 2.07. The van der Waals surface area contributed by atoms with Crippen molar-refractivity contribution in [2.45, 2.75) is 18.9 Å². The number of anilines is 1. The lowest BCUT2D eigenvalue weighted by Crippen LogP contribution is -2.40. The van der Waals surface area contributed by atoms with Crippen molar-refractivity contribution in [1.29, 1.82) is 5.26 Å².